The molecule has 6 nitrogen and oxygen atoms in total. The van der Waals surface area contributed by atoms with E-state index in [9.17, 15) is 14.4 Å². The molecule has 454 valence electrons. The van der Waals surface area contributed by atoms with Crippen LogP contribution in [0.1, 0.15) is 329 Å². The van der Waals surface area contributed by atoms with Gasteiger partial charge in [-0.15, -0.1) is 0 Å². The number of carbonyl (C=O) groups is 3. The summed E-state index contributed by atoms with van der Waals surface area (Å²) in [7, 11) is 0. The molecular formula is C73H126O6. The van der Waals surface area contributed by atoms with E-state index in [0.29, 0.717) is 19.3 Å². The molecule has 0 saturated heterocycles. The maximum absolute atomic E-state index is 12.9. The summed E-state index contributed by atoms with van der Waals surface area (Å²) in [6.45, 7) is 6.42. The first kappa shape index (κ1) is 75.3. The summed E-state index contributed by atoms with van der Waals surface area (Å²) in [5.41, 5.74) is 0. The smallest absolute Gasteiger partial charge is 0.306 e. The van der Waals surface area contributed by atoms with Crippen molar-refractivity contribution in [2.45, 2.75) is 335 Å². The molecule has 0 fully saturated rings. The van der Waals surface area contributed by atoms with Crippen molar-refractivity contribution in [2.75, 3.05) is 13.2 Å². The minimum Gasteiger partial charge on any atom is -0.462 e. The van der Waals surface area contributed by atoms with E-state index < -0.39 is 6.10 Å². The predicted octanol–water partition coefficient (Wildman–Crippen LogP) is 23.2. The predicted molar refractivity (Wildman–Crippen MR) is 344 cm³/mol. The molecule has 0 aromatic heterocycles. The van der Waals surface area contributed by atoms with Crippen molar-refractivity contribution in [1.29, 1.82) is 0 Å². The van der Waals surface area contributed by atoms with Crippen LogP contribution in [0.5, 0.6) is 0 Å². The summed E-state index contributed by atoms with van der Waals surface area (Å²) >= 11 is 0. The molecule has 6 heteroatoms. The van der Waals surface area contributed by atoms with Crippen LogP contribution >= 0.6 is 0 Å². The molecular weight excluding hydrogens is 973 g/mol. The topological polar surface area (TPSA) is 78.9 Å². The molecule has 1 unspecified atom stereocenters. The third-order valence-corrected chi connectivity index (χ3v) is 14.6. The molecule has 1 atom stereocenters. The zero-order valence-electron chi connectivity index (χ0n) is 52.1. The second-order valence-corrected chi connectivity index (χ2v) is 22.3. The summed E-state index contributed by atoms with van der Waals surface area (Å²) in [6.07, 6.45) is 90.0. The van der Waals surface area contributed by atoms with Crippen LogP contribution in [0.25, 0.3) is 0 Å². The van der Waals surface area contributed by atoms with Gasteiger partial charge >= 0.3 is 17.9 Å². The number of hydrogen-bond acceptors (Lipinski definition) is 6. The molecule has 0 aliphatic rings. The van der Waals surface area contributed by atoms with Gasteiger partial charge in [-0.1, -0.05) is 291 Å². The van der Waals surface area contributed by atoms with E-state index in [1.165, 1.54) is 154 Å². The van der Waals surface area contributed by atoms with E-state index in [4.69, 9.17) is 14.2 Å². The van der Waals surface area contributed by atoms with Gasteiger partial charge in [0, 0.05) is 19.3 Å². The van der Waals surface area contributed by atoms with Gasteiger partial charge in [-0.2, -0.15) is 0 Å². The van der Waals surface area contributed by atoms with Crippen LogP contribution in [0.15, 0.2) is 97.2 Å². The lowest BCUT2D eigenvalue weighted by atomic mass is 10.0. The molecule has 0 spiro atoms. The summed E-state index contributed by atoms with van der Waals surface area (Å²) < 4.78 is 16.9. The number of allylic oxidation sites excluding steroid dienone is 16. The lowest BCUT2D eigenvalue weighted by Crippen LogP contribution is -2.30. The highest BCUT2D eigenvalue weighted by Crippen LogP contribution is 2.17. The van der Waals surface area contributed by atoms with Gasteiger partial charge < -0.3 is 14.2 Å². The Balaban J connectivity index is 4.31. The van der Waals surface area contributed by atoms with Gasteiger partial charge in [0.2, 0.25) is 0 Å². The number of unbranched alkanes of at least 4 members (excludes halogenated alkanes) is 34. The van der Waals surface area contributed by atoms with Crippen molar-refractivity contribution in [3.8, 4) is 0 Å². The normalized spacial score (nSPS) is 12.7. The molecule has 79 heavy (non-hydrogen) atoms. The Labute approximate surface area is 489 Å². The fraction of sp³-hybridized carbons (Fsp3) is 0.740. The fourth-order valence-corrected chi connectivity index (χ4v) is 9.56. The van der Waals surface area contributed by atoms with E-state index in [0.717, 1.165) is 135 Å². The first-order valence-electron chi connectivity index (χ1n) is 33.7. The molecule has 0 N–H and O–H groups in total. The Kier molecular flexibility index (Phi) is 63.7. The standard InChI is InChI=1S/C73H126O6/c1-4-7-10-13-16-19-22-25-28-30-32-33-34-35-36-37-38-39-41-42-45-48-51-54-57-60-63-66-72(75)78-69-70(68-77-71(74)65-62-59-56-53-50-47-44-27-24-21-18-15-12-9-6-3)79-73(76)67-64-61-58-55-52-49-46-43-40-31-29-26-23-20-17-14-11-8-5-2/h8-9,11-12,17-18,20-21,26-27,29-30,32,40,43-44,70H,4-7,10,13-16,19,22-25,28,31,33-39,41-42,45-69H2,1-3H3/b11-8-,12-9-,20-17-,21-18-,29-26-,32-30-,43-40-,44-27-. The summed E-state index contributed by atoms with van der Waals surface area (Å²) in [5.74, 6) is -0.908. The lowest BCUT2D eigenvalue weighted by Gasteiger charge is -2.18. The number of esters is 3. The van der Waals surface area contributed by atoms with Gasteiger partial charge in [0.25, 0.3) is 0 Å². The van der Waals surface area contributed by atoms with Crippen LogP contribution < -0.4 is 0 Å². The highest BCUT2D eigenvalue weighted by atomic mass is 16.6. The fourth-order valence-electron chi connectivity index (χ4n) is 9.56. The van der Waals surface area contributed by atoms with Crippen LogP contribution in [0, 0.1) is 0 Å². The molecule has 0 saturated carbocycles. The van der Waals surface area contributed by atoms with Crippen molar-refractivity contribution in [3.63, 3.8) is 0 Å². The largest absolute Gasteiger partial charge is 0.462 e. The Bertz CT molecular complexity index is 1540. The van der Waals surface area contributed by atoms with Crippen molar-refractivity contribution in [3.05, 3.63) is 97.2 Å². The van der Waals surface area contributed by atoms with Crippen LogP contribution in [0.2, 0.25) is 0 Å². The molecule has 0 aromatic carbocycles. The number of rotatable bonds is 61. The van der Waals surface area contributed by atoms with Gasteiger partial charge in [0.05, 0.1) is 0 Å². The average Bonchev–Trinajstić information content (AvgIpc) is 3.45. The third kappa shape index (κ3) is 65.0. The minimum absolute atomic E-state index is 0.0878. The van der Waals surface area contributed by atoms with Crippen molar-refractivity contribution in [1.82, 2.24) is 0 Å². The van der Waals surface area contributed by atoms with E-state index >= 15 is 0 Å². The monoisotopic (exact) mass is 1100 g/mol. The number of hydrogen-bond donors (Lipinski definition) is 0. The molecule has 0 aromatic rings. The molecule has 0 aliphatic carbocycles. The Hall–Kier alpha value is -3.67. The molecule has 0 bridgehead atoms. The minimum atomic E-state index is -0.795. The van der Waals surface area contributed by atoms with Gasteiger partial charge in [-0.3, -0.25) is 14.4 Å². The quantitative estimate of drug-likeness (QED) is 0.0261. The first-order chi connectivity index (χ1) is 39.0. The maximum Gasteiger partial charge on any atom is 0.306 e. The highest BCUT2D eigenvalue weighted by molar-refractivity contribution is 5.71. The van der Waals surface area contributed by atoms with E-state index in [1.54, 1.807) is 0 Å². The van der Waals surface area contributed by atoms with Gasteiger partial charge in [0.1, 0.15) is 13.2 Å². The molecule has 0 radical (unpaired) electrons. The van der Waals surface area contributed by atoms with Crippen molar-refractivity contribution >= 4 is 17.9 Å². The van der Waals surface area contributed by atoms with Crippen LogP contribution in [-0.2, 0) is 28.6 Å². The van der Waals surface area contributed by atoms with Gasteiger partial charge in [-0.25, -0.2) is 0 Å². The van der Waals surface area contributed by atoms with Gasteiger partial charge in [0.15, 0.2) is 6.10 Å². The van der Waals surface area contributed by atoms with E-state index in [-0.39, 0.29) is 31.1 Å². The van der Waals surface area contributed by atoms with Crippen LogP contribution in [0.4, 0.5) is 0 Å². The summed E-state index contributed by atoms with van der Waals surface area (Å²) in [6, 6.07) is 0. The summed E-state index contributed by atoms with van der Waals surface area (Å²) in [4.78, 5) is 38.4. The second-order valence-electron chi connectivity index (χ2n) is 22.3. The highest BCUT2D eigenvalue weighted by Gasteiger charge is 2.19. The van der Waals surface area contributed by atoms with E-state index in [2.05, 4.69) is 118 Å². The number of carbonyl (C=O) groups excluding carboxylic acids is 3. The zero-order valence-corrected chi connectivity index (χ0v) is 52.1. The molecule has 0 amide bonds. The molecule has 0 aliphatic heterocycles. The first-order valence-corrected chi connectivity index (χ1v) is 33.7. The average molecular weight is 1100 g/mol. The number of ether oxygens (including phenoxy) is 3. The maximum atomic E-state index is 12.9. The van der Waals surface area contributed by atoms with Crippen molar-refractivity contribution < 1.29 is 28.6 Å². The second kappa shape index (κ2) is 66.8. The Morgan fingerprint density at radius 1 is 0.266 bits per heavy atom. The Morgan fingerprint density at radius 3 is 0.785 bits per heavy atom. The van der Waals surface area contributed by atoms with Crippen molar-refractivity contribution in [2.24, 2.45) is 0 Å². The molecule has 0 heterocycles. The lowest BCUT2D eigenvalue weighted by molar-refractivity contribution is -0.167. The van der Waals surface area contributed by atoms with Crippen LogP contribution in [-0.4, -0.2) is 37.2 Å². The zero-order chi connectivity index (χ0) is 57.1. The van der Waals surface area contributed by atoms with Crippen LogP contribution in [0.3, 0.4) is 0 Å². The SMILES string of the molecule is CC/C=C\C/C=C\C/C=C\C/C=C\CCCCCCCCC(=O)OC(COC(=O)CCCCCCC/C=C\C/C=C\C/C=C\CC)COC(=O)CCCCCCCCCCCCCCCCC/C=C\CCCCCCCCCC. The van der Waals surface area contributed by atoms with Gasteiger partial charge in [-0.05, 0) is 116 Å². The summed E-state index contributed by atoms with van der Waals surface area (Å²) in [5, 5.41) is 0. The Morgan fingerprint density at radius 2 is 0.494 bits per heavy atom. The third-order valence-electron chi connectivity index (χ3n) is 14.6. The van der Waals surface area contributed by atoms with E-state index in [1.807, 2.05) is 0 Å². The molecule has 0 rings (SSSR count).